The molecule has 0 unspecified atom stereocenters. The predicted octanol–water partition coefficient (Wildman–Crippen LogP) is 2.19. The van der Waals surface area contributed by atoms with Gasteiger partial charge in [0.15, 0.2) is 11.5 Å². The Kier molecular flexibility index (Phi) is 4.92. The summed E-state index contributed by atoms with van der Waals surface area (Å²) in [5, 5.41) is 9.56. The first-order chi connectivity index (χ1) is 7.69. The fourth-order valence-electron chi connectivity index (χ4n) is 1.13. The maximum Gasteiger partial charge on any atom is 0.338 e. The van der Waals surface area contributed by atoms with Crippen LogP contribution in [-0.4, -0.2) is 30.2 Å². The summed E-state index contributed by atoms with van der Waals surface area (Å²) in [6, 6.07) is 4.34. The average Bonchev–Trinajstić information content (AvgIpc) is 2.27. The van der Waals surface area contributed by atoms with Crippen molar-refractivity contribution in [2.45, 2.75) is 6.92 Å². The Morgan fingerprint density at radius 2 is 2.25 bits per heavy atom. The van der Waals surface area contributed by atoms with E-state index in [4.69, 9.17) is 21.1 Å². The lowest BCUT2D eigenvalue weighted by molar-refractivity contribution is 0.0526. The van der Waals surface area contributed by atoms with Gasteiger partial charge in [-0.15, -0.1) is 11.6 Å². The molecule has 1 rings (SSSR count). The number of aromatic hydroxyl groups is 1. The number of ether oxygens (including phenoxy) is 2. The smallest absolute Gasteiger partial charge is 0.338 e. The van der Waals surface area contributed by atoms with Gasteiger partial charge in [-0.1, -0.05) is 0 Å². The van der Waals surface area contributed by atoms with Gasteiger partial charge in [-0.2, -0.15) is 0 Å². The molecule has 0 saturated heterocycles. The van der Waals surface area contributed by atoms with Crippen LogP contribution in [0.4, 0.5) is 0 Å². The molecule has 16 heavy (non-hydrogen) atoms. The Balaban J connectivity index is 2.78. The molecule has 1 aromatic carbocycles. The van der Waals surface area contributed by atoms with Crippen LogP contribution >= 0.6 is 11.6 Å². The molecule has 88 valence electrons. The maximum absolute atomic E-state index is 11.3. The highest BCUT2D eigenvalue weighted by molar-refractivity contribution is 6.18. The van der Waals surface area contributed by atoms with Gasteiger partial charge in [0.2, 0.25) is 0 Å². The van der Waals surface area contributed by atoms with E-state index in [2.05, 4.69) is 0 Å². The molecule has 0 saturated carbocycles. The van der Waals surface area contributed by atoms with Crippen LogP contribution in [0.5, 0.6) is 11.5 Å². The number of esters is 1. The number of carbonyl (C=O) groups excluding carboxylic acids is 1. The van der Waals surface area contributed by atoms with E-state index in [1.165, 1.54) is 18.2 Å². The fourth-order valence-corrected chi connectivity index (χ4v) is 1.21. The quantitative estimate of drug-likeness (QED) is 0.637. The van der Waals surface area contributed by atoms with Crippen molar-refractivity contribution in [2.75, 3.05) is 19.1 Å². The van der Waals surface area contributed by atoms with Crippen molar-refractivity contribution in [1.29, 1.82) is 0 Å². The molecule has 0 aliphatic carbocycles. The molecule has 0 fully saturated rings. The highest BCUT2D eigenvalue weighted by Crippen LogP contribution is 2.27. The number of phenolic OH excluding ortho intramolecular Hbond substituents is 1. The van der Waals surface area contributed by atoms with Crippen molar-refractivity contribution >= 4 is 17.6 Å². The minimum atomic E-state index is -0.471. The number of phenols is 1. The third-order valence-electron chi connectivity index (χ3n) is 1.80. The summed E-state index contributed by atoms with van der Waals surface area (Å²) in [5.41, 5.74) is 0.289. The third-order valence-corrected chi connectivity index (χ3v) is 1.96. The lowest BCUT2D eigenvalue weighted by Crippen LogP contribution is -2.05. The third kappa shape index (κ3) is 3.31. The first-order valence-corrected chi connectivity index (χ1v) is 5.41. The van der Waals surface area contributed by atoms with Gasteiger partial charge in [0.05, 0.1) is 18.1 Å². The lowest BCUT2D eigenvalue weighted by Gasteiger charge is -2.07. The minimum Gasteiger partial charge on any atom is -0.504 e. The van der Waals surface area contributed by atoms with Crippen molar-refractivity contribution in [3.8, 4) is 11.5 Å². The number of hydrogen-bond donors (Lipinski definition) is 1. The van der Waals surface area contributed by atoms with E-state index < -0.39 is 5.97 Å². The first-order valence-electron chi connectivity index (χ1n) is 4.88. The van der Waals surface area contributed by atoms with Crippen molar-refractivity contribution < 1.29 is 19.4 Å². The molecule has 5 heteroatoms. The van der Waals surface area contributed by atoms with E-state index in [1.54, 1.807) is 6.92 Å². The fraction of sp³-hybridized carbons (Fsp3) is 0.364. The van der Waals surface area contributed by atoms with Crippen LogP contribution in [0.15, 0.2) is 18.2 Å². The zero-order valence-electron chi connectivity index (χ0n) is 8.90. The molecule has 4 nitrogen and oxygen atoms in total. The minimum absolute atomic E-state index is 0.101. The molecule has 0 spiro atoms. The zero-order valence-corrected chi connectivity index (χ0v) is 9.66. The van der Waals surface area contributed by atoms with Gasteiger partial charge in [0.1, 0.15) is 6.61 Å². The Hall–Kier alpha value is -1.42. The highest BCUT2D eigenvalue weighted by Gasteiger charge is 2.10. The van der Waals surface area contributed by atoms with E-state index >= 15 is 0 Å². The summed E-state index contributed by atoms with van der Waals surface area (Å²) in [5.74, 6) is 0.0602. The zero-order chi connectivity index (χ0) is 12.0. The van der Waals surface area contributed by atoms with Crippen LogP contribution in [0.25, 0.3) is 0 Å². The van der Waals surface area contributed by atoms with Gasteiger partial charge in [0.25, 0.3) is 0 Å². The molecule has 0 heterocycles. The molecule has 1 N–H and O–H groups in total. The largest absolute Gasteiger partial charge is 0.504 e. The summed E-state index contributed by atoms with van der Waals surface area (Å²) in [7, 11) is 0. The second kappa shape index (κ2) is 6.23. The molecule has 0 aliphatic heterocycles. The molecule has 0 aliphatic rings. The van der Waals surface area contributed by atoms with E-state index in [9.17, 15) is 9.90 Å². The number of carbonyl (C=O) groups is 1. The van der Waals surface area contributed by atoms with E-state index in [0.29, 0.717) is 24.8 Å². The van der Waals surface area contributed by atoms with E-state index in [1.807, 2.05) is 0 Å². The van der Waals surface area contributed by atoms with Gasteiger partial charge >= 0.3 is 5.97 Å². The summed E-state index contributed by atoms with van der Waals surface area (Å²) in [6.45, 7) is 2.31. The summed E-state index contributed by atoms with van der Waals surface area (Å²) in [6.07, 6.45) is 0. The van der Waals surface area contributed by atoms with Crippen molar-refractivity contribution in [2.24, 2.45) is 0 Å². The van der Waals surface area contributed by atoms with Gasteiger partial charge in [-0.05, 0) is 25.1 Å². The van der Waals surface area contributed by atoms with E-state index in [0.717, 1.165) is 0 Å². The van der Waals surface area contributed by atoms with E-state index in [-0.39, 0.29) is 11.3 Å². The average molecular weight is 245 g/mol. The molecule has 0 radical (unpaired) electrons. The Bertz CT molecular complexity index is 365. The summed E-state index contributed by atoms with van der Waals surface area (Å²) < 4.78 is 9.94. The lowest BCUT2D eigenvalue weighted by atomic mass is 10.2. The standard InChI is InChI=1S/C11H13ClO4/c1-2-15-11(14)8-3-4-10(9(13)7-8)16-6-5-12/h3-4,7,13H,2,5-6H2,1H3. The van der Waals surface area contributed by atoms with Crippen LogP contribution in [0, 0.1) is 0 Å². The highest BCUT2D eigenvalue weighted by atomic mass is 35.5. The molecule has 0 atom stereocenters. The molecule has 0 amide bonds. The Morgan fingerprint density at radius 1 is 1.50 bits per heavy atom. The molecular formula is C11H13ClO4. The van der Waals surface area contributed by atoms with Gasteiger partial charge in [-0.25, -0.2) is 4.79 Å². The second-order valence-corrected chi connectivity index (χ2v) is 3.32. The SMILES string of the molecule is CCOC(=O)c1ccc(OCCCl)c(O)c1. The van der Waals surface area contributed by atoms with Crippen LogP contribution in [0.2, 0.25) is 0 Å². The predicted molar refractivity (Wildman–Crippen MR) is 60.3 cm³/mol. The monoisotopic (exact) mass is 244 g/mol. The van der Waals surface area contributed by atoms with Gasteiger partial charge in [-0.3, -0.25) is 0 Å². The number of hydrogen-bond acceptors (Lipinski definition) is 4. The molecule has 0 bridgehead atoms. The van der Waals surface area contributed by atoms with Gasteiger partial charge in [0, 0.05) is 0 Å². The molecule has 1 aromatic rings. The molecule has 0 aromatic heterocycles. The summed E-state index contributed by atoms with van der Waals surface area (Å²) in [4.78, 5) is 11.3. The second-order valence-electron chi connectivity index (χ2n) is 2.94. The topological polar surface area (TPSA) is 55.8 Å². The number of halogens is 1. The number of rotatable bonds is 5. The first kappa shape index (κ1) is 12.6. The number of alkyl halides is 1. The van der Waals surface area contributed by atoms with Crippen molar-refractivity contribution in [3.05, 3.63) is 23.8 Å². The maximum atomic E-state index is 11.3. The van der Waals surface area contributed by atoms with Crippen LogP contribution < -0.4 is 4.74 Å². The van der Waals surface area contributed by atoms with Crippen LogP contribution in [0.1, 0.15) is 17.3 Å². The Labute approximate surface area is 98.7 Å². The summed E-state index contributed by atoms with van der Waals surface area (Å²) >= 11 is 5.45. The van der Waals surface area contributed by atoms with Gasteiger partial charge < -0.3 is 14.6 Å². The number of benzene rings is 1. The molecular weight excluding hydrogens is 232 g/mol. The van der Waals surface area contributed by atoms with Crippen molar-refractivity contribution in [1.82, 2.24) is 0 Å². The van der Waals surface area contributed by atoms with Crippen molar-refractivity contribution in [3.63, 3.8) is 0 Å². The Morgan fingerprint density at radius 3 is 2.81 bits per heavy atom. The van der Waals surface area contributed by atoms with Crippen LogP contribution in [0.3, 0.4) is 0 Å². The van der Waals surface area contributed by atoms with Crippen LogP contribution in [-0.2, 0) is 4.74 Å². The normalized spacial score (nSPS) is 9.88.